The minimum atomic E-state index is 0.0152. The van der Waals surface area contributed by atoms with Gasteiger partial charge in [0.15, 0.2) is 0 Å². The van der Waals surface area contributed by atoms with Gasteiger partial charge in [-0.1, -0.05) is 0 Å². The molecule has 0 aliphatic heterocycles. The van der Waals surface area contributed by atoms with Crippen molar-refractivity contribution in [1.29, 1.82) is 0 Å². The summed E-state index contributed by atoms with van der Waals surface area (Å²) in [5.41, 5.74) is 3.33. The Kier molecular flexibility index (Phi) is 3.97. The molecule has 0 bridgehead atoms. The SMILES string of the molecule is CN(C)c1ccncc1NCc1cnn(C(C)(C)C)c1. The highest BCUT2D eigenvalue weighted by atomic mass is 15.3. The Morgan fingerprint density at radius 3 is 2.60 bits per heavy atom. The van der Waals surface area contributed by atoms with Crippen LogP contribution in [0.3, 0.4) is 0 Å². The molecule has 2 rings (SSSR count). The fourth-order valence-corrected chi connectivity index (χ4v) is 1.93. The van der Waals surface area contributed by atoms with Crippen LogP contribution < -0.4 is 10.2 Å². The van der Waals surface area contributed by atoms with Crippen molar-refractivity contribution < 1.29 is 0 Å². The standard InChI is InChI=1S/C15H23N5/c1-15(2,3)20-11-12(9-18-20)8-17-13-10-16-7-6-14(13)19(4)5/h6-7,9-11,17H,8H2,1-5H3. The Morgan fingerprint density at radius 2 is 2.00 bits per heavy atom. The zero-order valence-corrected chi connectivity index (χ0v) is 12.9. The van der Waals surface area contributed by atoms with Gasteiger partial charge >= 0.3 is 0 Å². The summed E-state index contributed by atoms with van der Waals surface area (Å²) in [5, 5.41) is 7.83. The Hall–Kier alpha value is -2.04. The van der Waals surface area contributed by atoms with Crippen molar-refractivity contribution in [2.24, 2.45) is 0 Å². The van der Waals surface area contributed by atoms with Gasteiger partial charge in [0, 0.05) is 38.6 Å². The third-order valence-corrected chi connectivity index (χ3v) is 3.09. The molecule has 0 unspecified atom stereocenters. The first-order valence-electron chi connectivity index (χ1n) is 6.77. The number of nitrogens with zero attached hydrogens (tertiary/aromatic N) is 4. The van der Waals surface area contributed by atoms with Gasteiger partial charge in [-0.25, -0.2) is 0 Å². The molecule has 0 saturated carbocycles. The Bertz CT molecular complexity index is 566. The highest BCUT2D eigenvalue weighted by Gasteiger charge is 2.14. The predicted molar refractivity (Wildman–Crippen MR) is 83.1 cm³/mol. The summed E-state index contributed by atoms with van der Waals surface area (Å²) in [6.45, 7) is 7.16. The molecule has 0 saturated heterocycles. The summed E-state index contributed by atoms with van der Waals surface area (Å²) < 4.78 is 1.99. The average Bonchev–Trinajstić information content (AvgIpc) is 2.85. The lowest BCUT2D eigenvalue weighted by molar-refractivity contribution is 0.355. The first kappa shape index (κ1) is 14.4. The summed E-state index contributed by atoms with van der Waals surface area (Å²) in [6.07, 6.45) is 7.64. The number of anilines is 2. The van der Waals surface area contributed by atoms with Gasteiger partial charge in [-0.3, -0.25) is 9.67 Å². The molecule has 2 aromatic heterocycles. The monoisotopic (exact) mass is 273 g/mol. The maximum Gasteiger partial charge on any atom is 0.0766 e. The zero-order valence-electron chi connectivity index (χ0n) is 12.9. The van der Waals surface area contributed by atoms with Gasteiger partial charge in [-0.15, -0.1) is 0 Å². The zero-order chi connectivity index (χ0) is 14.8. The molecule has 2 aromatic rings. The highest BCUT2D eigenvalue weighted by Crippen LogP contribution is 2.23. The highest BCUT2D eigenvalue weighted by molar-refractivity contribution is 5.68. The van der Waals surface area contributed by atoms with Crippen molar-refractivity contribution in [3.63, 3.8) is 0 Å². The van der Waals surface area contributed by atoms with E-state index in [1.54, 1.807) is 6.20 Å². The lowest BCUT2D eigenvalue weighted by Crippen LogP contribution is -2.22. The van der Waals surface area contributed by atoms with Crippen LogP contribution >= 0.6 is 0 Å². The smallest absolute Gasteiger partial charge is 0.0766 e. The molecule has 20 heavy (non-hydrogen) atoms. The van der Waals surface area contributed by atoms with E-state index in [1.807, 2.05) is 37.2 Å². The molecule has 0 aromatic carbocycles. The quantitative estimate of drug-likeness (QED) is 0.930. The molecule has 0 fully saturated rings. The number of hydrogen-bond donors (Lipinski definition) is 1. The number of pyridine rings is 1. The van der Waals surface area contributed by atoms with E-state index in [0.717, 1.165) is 23.5 Å². The first-order valence-corrected chi connectivity index (χ1v) is 6.77. The summed E-state index contributed by atoms with van der Waals surface area (Å²) in [5.74, 6) is 0. The maximum atomic E-state index is 4.41. The molecule has 0 aliphatic rings. The molecule has 2 heterocycles. The van der Waals surface area contributed by atoms with Crippen LogP contribution in [-0.2, 0) is 12.1 Å². The number of aromatic nitrogens is 3. The van der Waals surface area contributed by atoms with E-state index in [2.05, 4.69) is 47.3 Å². The minimum absolute atomic E-state index is 0.0152. The van der Waals surface area contributed by atoms with Crippen molar-refractivity contribution in [3.05, 3.63) is 36.4 Å². The van der Waals surface area contributed by atoms with E-state index in [1.165, 1.54) is 0 Å². The number of hydrogen-bond acceptors (Lipinski definition) is 4. The second kappa shape index (κ2) is 5.53. The van der Waals surface area contributed by atoms with Crippen LogP contribution in [0.2, 0.25) is 0 Å². The van der Waals surface area contributed by atoms with Crippen LogP contribution in [0.15, 0.2) is 30.9 Å². The molecule has 5 heteroatoms. The average molecular weight is 273 g/mol. The van der Waals surface area contributed by atoms with Crippen LogP contribution in [0.25, 0.3) is 0 Å². The van der Waals surface area contributed by atoms with E-state index in [4.69, 9.17) is 0 Å². The van der Waals surface area contributed by atoms with Crippen molar-refractivity contribution in [2.45, 2.75) is 32.9 Å². The molecular formula is C15H23N5. The van der Waals surface area contributed by atoms with Crippen molar-refractivity contribution in [1.82, 2.24) is 14.8 Å². The van der Waals surface area contributed by atoms with Crippen LogP contribution in [0, 0.1) is 0 Å². The van der Waals surface area contributed by atoms with Crippen LogP contribution in [-0.4, -0.2) is 28.9 Å². The molecule has 1 N–H and O–H groups in total. The van der Waals surface area contributed by atoms with E-state index in [0.29, 0.717) is 0 Å². The fraction of sp³-hybridized carbons (Fsp3) is 0.467. The summed E-state index contributed by atoms with van der Waals surface area (Å²) in [6, 6.07) is 2.00. The predicted octanol–water partition coefficient (Wildman–Crippen LogP) is 2.71. The van der Waals surface area contributed by atoms with Crippen LogP contribution in [0.4, 0.5) is 11.4 Å². The molecule has 0 amide bonds. The second-order valence-electron chi connectivity index (χ2n) is 6.10. The van der Waals surface area contributed by atoms with Crippen molar-refractivity contribution >= 4 is 11.4 Å². The molecule has 0 spiro atoms. The molecule has 5 nitrogen and oxygen atoms in total. The maximum absolute atomic E-state index is 4.41. The molecule has 108 valence electrons. The molecule has 0 aliphatic carbocycles. The fourth-order valence-electron chi connectivity index (χ4n) is 1.93. The summed E-state index contributed by atoms with van der Waals surface area (Å²) in [7, 11) is 4.05. The van der Waals surface area contributed by atoms with Gasteiger partial charge in [0.2, 0.25) is 0 Å². The van der Waals surface area contributed by atoms with Crippen molar-refractivity contribution in [2.75, 3.05) is 24.3 Å². The second-order valence-corrected chi connectivity index (χ2v) is 6.10. The first-order chi connectivity index (χ1) is 9.38. The van der Waals surface area contributed by atoms with Gasteiger partial charge in [-0.05, 0) is 26.8 Å². The lowest BCUT2D eigenvalue weighted by Gasteiger charge is -2.19. The Balaban J connectivity index is 2.08. The van der Waals surface area contributed by atoms with Gasteiger partial charge in [0.1, 0.15) is 0 Å². The van der Waals surface area contributed by atoms with Gasteiger partial charge in [0.25, 0.3) is 0 Å². The number of nitrogens with one attached hydrogen (secondary N) is 1. The largest absolute Gasteiger partial charge is 0.378 e. The third kappa shape index (κ3) is 3.29. The van der Waals surface area contributed by atoms with E-state index >= 15 is 0 Å². The summed E-state index contributed by atoms with van der Waals surface area (Å²) >= 11 is 0. The number of rotatable bonds is 4. The van der Waals surface area contributed by atoms with Gasteiger partial charge in [0.05, 0.1) is 29.3 Å². The normalized spacial score (nSPS) is 11.4. The third-order valence-electron chi connectivity index (χ3n) is 3.09. The molecule has 0 radical (unpaired) electrons. The van der Waals surface area contributed by atoms with Crippen molar-refractivity contribution in [3.8, 4) is 0 Å². The van der Waals surface area contributed by atoms with E-state index in [-0.39, 0.29) is 5.54 Å². The van der Waals surface area contributed by atoms with E-state index in [9.17, 15) is 0 Å². The Labute approximate surface area is 120 Å². The van der Waals surface area contributed by atoms with E-state index < -0.39 is 0 Å². The molecule has 0 atom stereocenters. The van der Waals surface area contributed by atoms with Crippen LogP contribution in [0.5, 0.6) is 0 Å². The lowest BCUT2D eigenvalue weighted by atomic mass is 10.1. The van der Waals surface area contributed by atoms with Crippen LogP contribution in [0.1, 0.15) is 26.3 Å². The molecular weight excluding hydrogens is 250 g/mol. The topological polar surface area (TPSA) is 46.0 Å². The van der Waals surface area contributed by atoms with Gasteiger partial charge < -0.3 is 10.2 Å². The minimum Gasteiger partial charge on any atom is -0.378 e. The Morgan fingerprint density at radius 1 is 1.25 bits per heavy atom. The summed E-state index contributed by atoms with van der Waals surface area (Å²) in [4.78, 5) is 6.25. The van der Waals surface area contributed by atoms with Gasteiger partial charge in [-0.2, -0.15) is 5.10 Å².